The van der Waals surface area contributed by atoms with Gasteiger partial charge in [-0.15, -0.1) is 0 Å². The van der Waals surface area contributed by atoms with Crippen LogP contribution in [0.1, 0.15) is 5.82 Å². The highest BCUT2D eigenvalue weighted by Gasteiger charge is 2.10. The predicted octanol–water partition coefficient (Wildman–Crippen LogP) is -0.0798. The first kappa shape index (κ1) is 10.5. The van der Waals surface area contributed by atoms with Gasteiger partial charge in [-0.25, -0.2) is 4.39 Å². The van der Waals surface area contributed by atoms with Crippen molar-refractivity contribution in [3.63, 3.8) is 0 Å². The number of nitrogen functional groups attached to an aromatic ring is 1. The summed E-state index contributed by atoms with van der Waals surface area (Å²) in [4.78, 5) is 18.5. The number of oxime groups is 1. The Morgan fingerprint density at radius 3 is 3.07 bits per heavy atom. The molecule has 1 heterocycles. The summed E-state index contributed by atoms with van der Waals surface area (Å²) in [6.07, 6.45) is 1.47. The van der Waals surface area contributed by atoms with Crippen molar-refractivity contribution in [2.45, 2.75) is 0 Å². The van der Waals surface area contributed by atoms with Gasteiger partial charge in [0.2, 0.25) is 5.82 Å². The number of hydrogen-bond acceptors (Lipinski definition) is 7. The van der Waals surface area contributed by atoms with Crippen molar-refractivity contribution in [2.75, 3.05) is 19.0 Å². The molecule has 0 aromatic carbocycles. The first-order valence-electron chi connectivity index (χ1n) is 3.51. The van der Waals surface area contributed by atoms with Crippen LogP contribution in [0.15, 0.2) is 5.16 Å². The minimum absolute atomic E-state index is 0.0290. The second kappa shape index (κ2) is 5.22. The molecule has 14 heavy (non-hydrogen) atoms. The molecule has 6 nitrogen and oxygen atoms in total. The van der Waals surface area contributed by atoms with Crippen LogP contribution in [0.4, 0.5) is 9.52 Å². The Morgan fingerprint density at radius 1 is 1.79 bits per heavy atom. The van der Waals surface area contributed by atoms with E-state index in [4.69, 9.17) is 5.73 Å². The zero-order chi connectivity index (χ0) is 10.4. The molecule has 1 aromatic rings. The SMILES string of the molecule is Nc1nc(C([C]=O)=NOCCF)ns1. The van der Waals surface area contributed by atoms with Gasteiger partial charge < -0.3 is 10.6 Å². The summed E-state index contributed by atoms with van der Waals surface area (Å²) in [7, 11) is 0. The van der Waals surface area contributed by atoms with E-state index in [0.717, 1.165) is 11.5 Å². The maximum absolute atomic E-state index is 11.6. The van der Waals surface area contributed by atoms with E-state index in [1.54, 1.807) is 0 Å². The molecular weight excluding hydrogens is 211 g/mol. The van der Waals surface area contributed by atoms with Gasteiger partial charge in [-0.3, -0.25) is 4.79 Å². The average molecular weight is 217 g/mol. The molecule has 0 fully saturated rings. The van der Waals surface area contributed by atoms with Crippen LogP contribution in [0.2, 0.25) is 0 Å². The van der Waals surface area contributed by atoms with E-state index in [1.165, 1.54) is 6.29 Å². The summed E-state index contributed by atoms with van der Waals surface area (Å²) in [5.74, 6) is 0.0290. The second-order valence-electron chi connectivity index (χ2n) is 2.02. The topological polar surface area (TPSA) is 90.5 Å². The minimum atomic E-state index is -0.692. The third kappa shape index (κ3) is 2.73. The fourth-order valence-corrected chi connectivity index (χ4v) is 1.02. The van der Waals surface area contributed by atoms with Crippen molar-refractivity contribution in [1.29, 1.82) is 0 Å². The van der Waals surface area contributed by atoms with Gasteiger partial charge in [0.05, 0.1) is 0 Å². The molecule has 0 saturated carbocycles. The number of rotatable bonds is 5. The smallest absolute Gasteiger partial charge is 0.261 e. The molecule has 0 unspecified atom stereocenters. The lowest BCUT2D eigenvalue weighted by Gasteiger charge is -1.93. The van der Waals surface area contributed by atoms with Crippen LogP contribution in [0.5, 0.6) is 0 Å². The van der Waals surface area contributed by atoms with E-state index in [9.17, 15) is 9.18 Å². The van der Waals surface area contributed by atoms with Crippen molar-refractivity contribution >= 4 is 28.7 Å². The lowest BCUT2D eigenvalue weighted by atomic mass is 10.4. The normalized spacial score (nSPS) is 11.4. The van der Waals surface area contributed by atoms with E-state index in [-0.39, 0.29) is 23.3 Å². The number of carbonyl (C=O) groups excluding carboxylic acids is 1. The lowest BCUT2D eigenvalue weighted by Crippen LogP contribution is -2.06. The van der Waals surface area contributed by atoms with E-state index in [0.29, 0.717) is 0 Å². The van der Waals surface area contributed by atoms with E-state index in [1.807, 2.05) is 0 Å². The molecule has 8 heteroatoms. The van der Waals surface area contributed by atoms with Gasteiger partial charge in [-0.2, -0.15) is 9.36 Å². The summed E-state index contributed by atoms with van der Waals surface area (Å²) in [5, 5.41) is 3.50. The zero-order valence-electron chi connectivity index (χ0n) is 6.94. The van der Waals surface area contributed by atoms with Gasteiger partial charge >= 0.3 is 0 Å². The Balaban J connectivity index is 2.71. The number of nitrogens with zero attached hydrogens (tertiary/aromatic N) is 3. The number of alkyl halides is 1. The molecule has 1 radical (unpaired) electrons. The van der Waals surface area contributed by atoms with Gasteiger partial charge in [0.15, 0.2) is 10.8 Å². The maximum atomic E-state index is 11.6. The fraction of sp³-hybridized carbons (Fsp3) is 0.333. The molecular formula is C6H6FN4O2S. The van der Waals surface area contributed by atoms with Crippen molar-refractivity contribution in [3.05, 3.63) is 5.82 Å². The Kier molecular flexibility index (Phi) is 3.92. The monoisotopic (exact) mass is 217 g/mol. The van der Waals surface area contributed by atoms with Gasteiger partial charge in [0, 0.05) is 11.5 Å². The van der Waals surface area contributed by atoms with Crippen LogP contribution < -0.4 is 5.73 Å². The fourth-order valence-electron chi connectivity index (χ4n) is 0.581. The molecule has 1 rings (SSSR count). The largest absolute Gasteiger partial charge is 0.392 e. The summed E-state index contributed by atoms with van der Waals surface area (Å²) >= 11 is 0.915. The number of anilines is 1. The first-order chi connectivity index (χ1) is 6.77. The summed E-state index contributed by atoms with van der Waals surface area (Å²) < 4.78 is 15.3. The predicted molar refractivity (Wildman–Crippen MR) is 48.5 cm³/mol. The summed E-state index contributed by atoms with van der Waals surface area (Å²) in [6.45, 7) is -0.924. The quantitative estimate of drug-likeness (QED) is 0.423. The number of hydrogen-bond donors (Lipinski definition) is 1. The van der Waals surface area contributed by atoms with Crippen molar-refractivity contribution in [2.24, 2.45) is 5.16 Å². The third-order valence-corrected chi connectivity index (χ3v) is 1.62. The Hall–Kier alpha value is -1.57. The van der Waals surface area contributed by atoms with E-state index in [2.05, 4.69) is 19.4 Å². The molecule has 0 aliphatic rings. The van der Waals surface area contributed by atoms with Crippen LogP contribution in [-0.4, -0.2) is 34.6 Å². The molecule has 1 aromatic heterocycles. The molecule has 0 atom stereocenters. The van der Waals surface area contributed by atoms with Crippen LogP contribution >= 0.6 is 11.5 Å². The average Bonchev–Trinajstić information content (AvgIpc) is 2.60. The lowest BCUT2D eigenvalue weighted by molar-refractivity contribution is 0.128. The van der Waals surface area contributed by atoms with Gasteiger partial charge in [-0.05, 0) is 0 Å². The molecule has 0 saturated heterocycles. The third-order valence-electron chi connectivity index (χ3n) is 1.07. The van der Waals surface area contributed by atoms with E-state index < -0.39 is 6.67 Å². The minimum Gasteiger partial charge on any atom is -0.392 e. The van der Waals surface area contributed by atoms with Crippen LogP contribution in [-0.2, 0) is 9.63 Å². The van der Waals surface area contributed by atoms with Gasteiger partial charge in [0.25, 0.3) is 6.29 Å². The van der Waals surface area contributed by atoms with E-state index >= 15 is 0 Å². The number of aromatic nitrogens is 2. The number of nitrogens with two attached hydrogens (primary N) is 1. The van der Waals surface area contributed by atoms with Crippen LogP contribution in [0.3, 0.4) is 0 Å². The highest BCUT2D eigenvalue weighted by atomic mass is 32.1. The molecule has 0 bridgehead atoms. The van der Waals surface area contributed by atoms with Gasteiger partial charge in [0.1, 0.15) is 13.3 Å². The van der Waals surface area contributed by atoms with Crippen molar-refractivity contribution in [3.8, 4) is 0 Å². The van der Waals surface area contributed by atoms with Crippen molar-refractivity contribution < 1.29 is 14.0 Å². The zero-order valence-corrected chi connectivity index (χ0v) is 7.75. The molecule has 2 N–H and O–H groups in total. The number of halogens is 1. The highest BCUT2D eigenvalue weighted by Crippen LogP contribution is 2.05. The molecule has 75 valence electrons. The summed E-state index contributed by atoms with van der Waals surface area (Å²) in [5.41, 5.74) is 5.06. The van der Waals surface area contributed by atoms with Gasteiger partial charge in [-0.1, -0.05) is 5.16 Å². The maximum Gasteiger partial charge on any atom is 0.261 e. The second-order valence-corrected chi connectivity index (χ2v) is 2.80. The Bertz CT molecular complexity index is 340. The summed E-state index contributed by atoms with van der Waals surface area (Å²) in [6, 6.07) is 0. The standard InChI is InChI=1S/C6H6FN4O2S/c7-1-2-13-10-4(3-12)5-9-6(8)14-11-5/h1-2H2,(H2,8,9,11). The molecule has 0 aliphatic carbocycles. The molecule has 0 spiro atoms. The van der Waals surface area contributed by atoms with Crippen LogP contribution in [0, 0.1) is 0 Å². The highest BCUT2D eigenvalue weighted by molar-refractivity contribution is 7.09. The van der Waals surface area contributed by atoms with Crippen LogP contribution in [0.25, 0.3) is 0 Å². The molecule has 0 aliphatic heterocycles. The molecule has 0 amide bonds. The Morgan fingerprint density at radius 2 is 2.57 bits per heavy atom. The first-order valence-corrected chi connectivity index (χ1v) is 4.29. The van der Waals surface area contributed by atoms with Crippen molar-refractivity contribution in [1.82, 2.24) is 9.36 Å². The Labute approximate surface area is 82.7 Å².